The molecule has 1 unspecified atom stereocenters. The van der Waals surface area contributed by atoms with Crippen LogP contribution in [0.3, 0.4) is 0 Å². The van der Waals surface area contributed by atoms with Gasteiger partial charge in [-0.1, -0.05) is 80.9 Å². The number of halogens is 1. The van der Waals surface area contributed by atoms with Crippen molar-refractivity contribution in [1.29, 1.82) is 0 Å². The average molecular weight is 432 g/mol. The van der Waals surface area contributed by atoms with Crippen molar-refractivity contribution in [2.45, 2.75) is 19.9 Å². The summed E-state index contributed by atoms with van der Waals surface area (Å²) < 4.78 is 0. The third-order valence-electron chi connectivity index (χ3n) is 4.30. The van der Waals surface area contributed by atoms with Crippen molar-refractivity contribution in [2.24, 2.45) is 0 Å². The molecule has 0 heterocycles. The van der Waals surface area contributed by atoms with Crippen molar-refractivity contribution < 1.29 is 24.5 Å². The standard InChI is InChI=1S/C22H23NOP.ClH.Ti/c1-16-8-6-12-19(15-23-2)22(16)25-20-13-7-11-18(21(20)24)14-17-9-4-3-5-10-17;;/h3-13,24-25H,14-15H2,1-2H3;1H;/q-1;;+2/p-1. The molecule has 1 atom stereocenters. The van der Waals surface area contributed by atoms with Gasteiger partial charge in [0, 0.05) is 11.7 Å². The molecule has 27 heavy (non-hydrogen) atoms. The van der Waals surface area contributed by atoms with Gasteiger partial charge in [0.05, 0.1) is 0 Å². The molecule has 0 aliphatic heterocycles. The number of phenolic OH excluding ortho intramolecular Hbond substituents is 1. The van der Waals surface area contributed by atoms with Crippen LogP contribution in [0.4, 0.5) is 0 Å². The molecule has 5 heteroatoms. The van der Waals surface area contributed by atoms with Crippen LogP contribution in [0.2, 0.25) is 0 Å². The molecule has 0 amide bonds. The maximum absolute atomic E-state index is 10.8. The van der Waals surface area contributed by atoms with Gasteiger partial charge in [0.1, 0.15) is 5.75 Å². The van der Waals surface area contributed by atoms with Crippen molar-refractivity contribution in [3.63, 3.8) is 0 Å². The summed E-state index contributed by atoms with van der Waals surface area (Å²) in [4.78, 5) is 0. The summed E-state index contributed by atoms with van der Waals surface area (Å²) in [6.45, 7) is 2.85. The van der Waals surface area contributed by atoms with Gasteiger partial charge in [-0.2, -0.15) is 7.05 Å². The van der Waals surface area contributed by atoms with E-state index in [1.165, 1.54) is 41.4 Å². The molecule has 0 saturated carbocycles. The van der Waals surface area contributed by atoms with E-state index < -0.39 is 0 Å². The third kappa shape index (κ3) is 6.17. The minimum absolute atomic E-state index is 0.423. The first-order valence-corrected chi connectivity index (χ1v) is 11.8. The van der Waals surface area contributed by atoms with Gasteiger partial charge in [0.2, 0.25) is 0 Å². The van der Waals surface area contributed by atoms with E-state index in [9.17, 15) is 5.11 Å². The molecule has 138 valence electrons. The Kier molecular flexibility index (Phi) is 9.55. The predicted octanol–water partition coefficient (Wildman–Crippen LogP) is 5.11. The summed E-state index contributed by atoms with van der Waals surface area (Å²) in [6.07, 6.45) is 0.746. The van der Waals surface area contributed by atoms with E-state index in [2.05, 4.69) is 51.9 Å². The van der Waals surface area contributed by atoms with Crippen LogP contribution in [-0.4, -0.2) is 12.2 Å². The fourth-order valence-corrected chi connectivity index (χ4v) is 4.33. The maximum atomic E-state index is 10.8. The second-order valence-electron chi connectivity index (χ2n) is 6.18. The number of hydrogen-bond donors (Lipinski definition) is 1. The molecule has 3 aromatic carbocycles. The van der Waals surface area contributed by atoms with Crippen LogP contribution in [0, 0.1) is 6.92 Å². The molecular weight excluding hydrogens is 409 g/mol. The summed E-state index contributed by atoms with van der Waals surface area (Å²) in [7, 11) is 6.91. The second-order valence-corrected chi connectivity index (χ2v) is 7.47. The van der Waals surface area contributed by atoms with E-state index in [0.717, 1.165) is 17.3 Å². The zero-order valence-electron chi connectivity index (χ0n) is 15.5. The quantitative estimate of drug-likeness (QED) is 0.427. The van der Waals surface area contributed by atoms with E-state index in [1.807, 2.05) is 43.4 Å². The van der Waals surface area contributed by atoms with Crippen molar-refractivity contribution >= 4 is 28.5 Å². The number of para-hydroxylation sites is 1. The van der Waals surface area contributed by atoms with E-state index >= 15 is 0 Å². The van der Waals surface area contributed by atoms with Crippen molar-refractivity contribution in [3.8, 4) is 5.75 Å². The fraction of sp³-hybridized carbons (Fsp3) is 0.182. The van der Waals surface area contributed by atoms with Gasteiger partial charge in [-0.3, -0.25) is 0 Å². The topological polar surface area (TPSA) is 34.3 Å². The normalized spacial score (nSPS) is 10.6. The number of phenols is 1. The van der Waals surface area contributed by atoms with Crippen LogP contribution in [0.15, 0.2) is 66.7 Å². The minimum atomic E-state index is 0.423. The van der Waals surface area contributed by atoms with Crippen LogP contribution >= 0.6 is 17.9 Å². The summed E-state index contributed by atoms with van der Waals surface area (Å²) >= 11 is 1.47. The first-order valence-electron chi connectivity index (χ1n) is 8.64. The zero-order chi connectivity index (χ0) is 19.6. The Balaban J connectivity index is 0.00000126. The molecule has 0 saturated heterocycles. The summed E-state index contributed by atoms with van der Waals surface area (Å²) in [5, 5.41) is 17.4. The van der Waals surface area contributed by atoms with Crippen LogP contribution < -0.4 is 10.6 Å². The number of aryl methyl sites for hydroxylation is 1. The van der Waals surface area contributed by atoms with Gasteiger partial charge in [-0.05, 0) is 28.9 Å². The monoisotopic (exact) mass is 431 g/mol. The molecule has 3 aromatic rings. The van der Waals surface area contributed by atoms with Crippen molar-refractivity contribution in [2.75, 3.05) is 7.05 Å². The van der Waals surface area contributed by atoms with E-state index in [1.54, 1.807) is 0 Å². The SMILES string of the molecule is C[N-]Cc1cccc(C)c1Pc1cccc(Cc2ccccc2)c1O.[Cl][Ti+]. The molecule has 0 fully saturated rings. The summed E-state index contributed by atoms with van der Waals surface area (Å²) in [5.74, 6) is 0.423. The number of rotatable bonds is 6. The Labute approximate surface area is 179 Å². The number of nitrogens with zero attached hydrogens (tertiary/aromatic N) is 1. The summed E-state index contributed by atoms with van der Waals surface area (Å²) in [5.41, 5.74) is 4.69. The molecule has 0 aromatic heterocycles. The molecule has 0 spiro atoms. The number of aromatic hydroxyl groups is 1. The Bertz CT molecular complexity index is 858. The molecule has 0 aliphatic carbocycles. The molecule has 0 aliphatic rings. The second kappa shape index (κ2) is 11.6. The number of hydrogen-bond acceptors (Lipinski definition) is 1. The third-order valence-corrected chi connectivity index (χ3v) is 5.94. The van der Waals surface area contributed by atoms with Crippen molar-refractivity contribution in [1.82, 2.24) is 0 Å². The molecule has 3 rings (SSSR count). The Morgan fingerprint density at radius 1 is 0.926 bits per heavy atom. The molecule has 2 nitrogen and oxygen atoms in total. The molecule has 1 N–H and O–H groups in total. The van der Waals surface area contributed by atoms with E-state index in [-0.39, 0.29) is 0 Å². The van der Waals surface area contributed by atoms with Gasteiger partial charge in [0.15, 0.2) is 0 Å². The first-order chi connectivity index (χ1) is 13.2. The van der Waals surface area contributed by atoms with Gasteiger partial charge in [-0.25, -0.2) is 0 Å². The van der Waals surface area contributed by atoms with Gasteiger partial charge >= 0.3 is 28.7 Å². The Morgan fingerprint density at radius 3 is 2.30 bits per heavy atom. The summed E-state index contributed by atoms with van der Waals surface area (Å²) in [6, 6.07) is 22.7. The van der Waals surface area contributed by atoms with E-state index in [4.69, 9.17) is 0 Å². The number of benzene rings is 3. The zero-order valence-corrected chi connectivity index (χ0v) is 18.9. The van der Waals surface area contributed by atoms with Gasteiger partial charge in [0.25, 0.3) is 0 Å². The Morgan fingerprint density at radius 2 is 1.59 bits per heavy atom. The van der Waals surface area contributed by atoms with E-state index in [0.29, 0.717) is 20.9 Å². The van der Waals surface area contributed by atoms with Crippen molar-refractivity contribution in [3.05, 3.63) is 94.3 Å². The van der Waals surface area contributed by atoms with Crippen LogP contribution in [0.5, 0.6) is 5.75 Å². The molecule has 0 bridgehead atoms. The van der Waals surface area contributed by atoms with Gasteiger partial charge in [-0.15, -0.1) is 6.54 Å². The fourth-order valence-electron chi connectivity index (χ4n) is 2.99. The first kappa shape index (κ1) is 22.1. The average Bonchev–Trinajstić information content (AvgIpc) is 2.70. The van der Waals surface area contributed by atoms with Crippen LogP contribution in [-0.2, 0) is 32.3 Å². The van der Waals surface area contributed by atoms with Gasteiger partial charge < -0.3 is 10.4 Å². The molecular formula is C22H23ClNOPTi. The van der Waals surface area contributed by atoms with Crippen LogP contribution in [0.1, 0.15) is 22.3 Å². The van der Waals surface area contributed by atoms with Crippen LogP contribution in [0.25, 0.3) is 5.32 Å². The predicted molar refractivity (Wildman–Crippen MR) is 115 cm³/mol. The Hall–Kier alpha value is -1.15. The molecule has 0 radical (unpaired) electrons.